The van der Waals surface area contributed by atoms with Gasteiger partial charge in [0.05, 0.1) is 0 Å². The van der Waals surface area contributed by atoms with Gasteiger partial charge in [-0.3, -0.25) is 0 Å². The van der Waals surface area contributed by atoms with Gasteiger partial charge in [0.15, 0.2) is 11.6 Å². The van der Waals surface area contributed by atoms with Gasteiger partial charge in [-0.2, -0.15) is 0 Å². The Bertz CT molecular complexity index is 902. The van der Waals surface area contributed by atoms with Crippen molar-refractivity contribution in [1.29, 1.82) is 0 Å². The van der Waals surface area contributed by atoms with Crippen LogP contribution in [0, 0.1) is 18.6 Å². The maximum absolute atomic E-state index is 14.3. The molecule has 0 saturated carbocycles. The monoisotopic (exact) mass is 336 g/mol. The van der Waals surface area contributed by atoms with Gasteiger partial charge in [0.2, 0.25) is 0 Å². The number of ether oxygens (including phenoxy) is 1. The maximum atomic E-state index is 14.3. The van der Waals surface area contributed by atoms with Crippen molar-refractivity contribution in [2.24, 2.45) is 0 Å². The van der Waals surface area contributed by atoms with Crippen molar-refractivity contribution in [2.45, 2.75) is 25.9 Å². The normalized spacial score (nSPS) is 15.7. The molecule has 0 aromatic heterocycles. The second kappa shape index (κ2) is 6.32. The topological polar surface area (TPSA) is 9.23 Å². The number of halogens is 2. The fraction of sp³-hybridized carbons (Fsp3) is 0.182. The van der Waals surface area contributed by atoms with Crippen LogP contribution in [0.15, 0.2) is 60.7 Å². The van der Waals surface area contributed by atoms with Crippen LogP contribution in [-0.4, -0.2) is 6.10 Å². The number of hydrogen-bond donors (Lipinski definition) is 0. The van der Waals surface area contributed by atoms with Crippen LogP contribution in [0.1, 0.15) is 16.7 Å². The van der Waals surface area contributed by atoms with Crippen molar-refractivity contribution in [3.8, 4) is 16.9 Å². The Hall–Kier alpha value is -2.68. The fourth-order valence-corrected chi connectivity index (χ4v) is 3.35. The summed E-state index contributed by atoms with van der Waals surface area (Å²) in [5.41, 5.74) is 4.11. The van der Waals surface area contributed by atoms with E-state index in [0.29, 0.717) is 29.7 Å². The summed E-state index contributed by atoms with van der Waals surface area (Å²) in [5, 5.41) is 0. The van der Waals surface area contributed by atoms with E-state index in [2.05, 4.69) is 12.1 Å². The molecule has 25 heavy (non-hydrogen) atoms. The summed E-state index contributed by atoms with van der Waals surface area (Å²) in [6, 6.07) is 18.8. The summed E-state index contributed by atoms with van der Waals surface area (Å²) in [6.45, 7) is 2.04. The van der Waals surface area contributed by atoms with Crippen LogP contribution in [0.2, 0.25) is 0 Å². The molecule has 0 spiro atoms. The van der Waals surface area contributed by atoms with Gasteiger partial charge in [-0.1, -0.05) is 60.2 Å². The molecular weight excluding hydrogens is 318 g/mol. The van der Waals surface area contributed by atoms with Gasteiger partial charge in [-0.05, 0) is 24.1 Å². The number of aryl methyl sites for hydroxylation is 1. The van der Waals surface area contributed by atoms with E-state index in [9.17, 15) is 8.78 Å². The Morgan fingerprint density at radius 3 is 2.44 bits per heavy atom. The summed E-state index contributed by atoms with van der Waals surface area (Å²) in [6.07, 6.45) is 0.869. The molecule has 126 valence electrons. The minimum atomic E-state index is -0.822. The van der Waals surface area contributed by atoms with E-state index in [1.54, 1.807) is 0 Å². The van der Waals surface area contributed by atoms with E-state index in [1.807, 2.05) is 49.4 Å². The Balaban J connectivity index is 1.68. The Morgan fingerprint density at radius 1 is 1.00 bits per heavy atom. The molecule has 0 aliphatic carbocycles. The Kier molecular flexibility index (Phi) is 4.00. The zero-order valence-corrected chi connectivity index (χ0v) is 13.9. The molecule has 3 aromatic rings. The molecule has 1 heterocycles. The molecule has 0 bridgehead atoms. The number of benzene rings is 3. The molecule has 1 aliphatic heterocycles. The molecule has 4 rings (SSSR count). The van der Waals surface area contributed by atoms with Gasteiger partial charge < -0.3 is 4.74 Å². The summed E-state index contributed by atoms with van der Waals surface area (Å²) >= 11 is 0. The third-order valence-electron chi connectivity index (χ3n) is 4.65. The van der Waals surface area contributed by atoms with Crippen LogP contribution in [-0.2, 0) is 12.8 Å². The fourth-order valence-electron chi connectivity index (χ4n) is 3.35. The Labute approximate surface area is 145 Å². The highest BCUT2D eigenvalue weighted by Gasteiger charge is 2.31. The highest BCUT2D eigenvalue weighted by molar-refractivity contribution is 5.73. The van der Waals surface area contributed by atoms with Crippen molar-refractivity contribution in [1.82, 2.24) is 0 Å². The SMILES string of the molecule is Cc1ccc(CC2Cc3c(F)c(F)cc(-c4ccccc4)c3O2)cc1. The second-order valence-electron chi connectivity index (χ2n) is 6.53. The molecule has 1 nitrogen and oxygen atoms in total. The summed E-state index contributed by atoms with van der Waals surface area (Å²) in [4.78, 5) is 0. The molecule has 3 aromatic carbocycles. The molecule has 0 radical (unpaired) electrons. The zero-order chi connectivity index (χ0) is 17.4. The molecule has 1 aliphatic rings. The van der Waals surface area contributed by atoms with Crippen LogP contribution in [0.3, 0.4) is 0 Å². The number of hydrogen-bond acceptors (Lipinski definition) is 1. The van der Waals surface area contributed by atoms with Gasteiger partial charge in [-0.25, -0.2) is 8.78 Å². The van der Waals surface area contributed by atoms with E-state index in [-0.39, 0.29) is 6.10 Å². The third kappa shape index (κ3) is 3.02. The first-order valence-corrected chi connectivity index (χ1v) is 8.40. The van der Waals surface area contributed by atoms with Crippen LogP contribution < -0.4 is 4.74 Å². The van der Waals surface area contributed by atoms with Crippen molar-refractivity contribution in [3.05, 3.63) is 89.0 Å². The molecular formula is C22H18F2O. The lowest BCUT2D eigenvalue weighted by Crippen LogP contribution is -2.16. The van der Waals surface area contributed by atoms with Gasteiger partial charge >= 0.3 is 0 Å². The van der Waals surface area contributed by atoms with Gasteiger partial charge in [0, 0.05) is 24.0 Å². The molecule has 0 saturated heterocycles. The lowest BCUT2D eigenvalue weighted by Gasteiger charge is -2.13. The standard InChI is InChI=1S/C22H18F2O/c1-14-7-9-15(10-8-14)11-17-12-19-21(24)20(23)13-18(22(19)25-17)16-5-3-2-4-6-16/h2-10,13,17H,11-12H2,1H3. The first-order valence-electron chi connectivity index (χ1n) is 8.40. The molecule has 1 unspecified atom stereocenters. The van der Waals surface area contributed by atoms with Crippen LogP contribution in [0.25, 0.3) is 11.1 Å². The predicted octanol–water partition coefficient (Wildman–Crippen LogP) is 5.49. The van der Waals surface area contributed by atoms with E-state index in [4.69, 9.17) is 4.74 Å². The van der Waals surface area contributed by atoms with Gasteiger partial charge in [-0.15, -0.1) is 0 Å². The van der Waals surface area contributed by atoms with Crippen molar-refractivity contribution in [2.75, 3.05) is 0 Å². The first-order chi connectivity index (χ1) is 12.1. The third-order valence-corrected chi connectivity index (χ3v) is 4.65. The molecule has 3 heteroatoms. The smallest absolute Gasteiger partial charge is 0.165 e. The molecule has 0 N–H and O–H groups in total. The molecule has 0 amide bonds. The van der Waals surface area contributed by atoms with Crippen LogP contribution >= 0.6 is 0 Å². The summed E-state index contributed by atoms with van der Waals surface area (Å²) in [5.74, 6) is -1.14. The average Bonchev–Trinajstić information content (AvgIpc) is 3.05. The van der Waals surface area contributed by atoms with Crippen LogP contribution in [0.5, 0.6) is 5.75 Å². The minimum absolute atomic E-state index is 0.184. The van der Waals surface area contributed by atoms with Crippen molar-refractivity contribution < 1.29 is 13.5 Å². The maximum Gasteiger partial charge on any atom is 0.165 e. The van der Waals surface area contributed by atoms with Gasteiger partial charge in [0.25, 0.3) is 0 Å². The summed E-state index contributed by atoms with van der Waals surface area (Å²) in [7, 11) is 0. The van der Waals surface area contributed by atoms with Crippen molar-refractivity contribution in [3.63, 3.8) is 0 Å². The quantitative estimate of drug-likeness (QED) is 0.615. The van der Waals surface area contributed by atoms with Crippen LogP contribution in [0.4, 0.5) is 8.78 Å². The predicted molar refractivity (Wildman–Crippen MR) is 94.8 cm³/mol. The lowest BCUT2D eigenvalue weighted by atomic mass is 9.98. The first kappa shape index (κ1) is 15.8. The van der Waals surface area contributed by atoms with Crippen molar-refractivity contribution >= 4 is 0 Å². The van der Waals surface area contributed by atoms with E-state index >= 15 is 0 Å². The molecule has 1 atom stereocenters. The largest absolute Gasteiger partial charge is 0.489 e. The summed E-state index contributed by atoms with van der Waals surface area (Å²) < 4.78 is 34.5. The lowest BCUT2D eigenvalue weighted by molar-refractivity contribution is 0.234. The highest BCUT2D eigenvalue weighted by Crippen LogP contribution is 2.41. The van der Waals surface area contributed by atoms with E-state index in [0.717, 1.165) is 11.1 Å². The minimum Gasteiger partial charge on any atom is -0.489 e. The Morgan fingerprint density at radius 2 is 1.72 bits per heavy atom. The van der Waals surface area contributed by atoms with E-state index in [1.165, 1.54) is 11.6 Å². The zero-order valence-electron chi connectivity index (χ0n) is 13.9. The average molecular weight is 336 g/mol. The molecule has 0 fully saturated rings. The van der Waals surface area contributed by atoms with E-state index < -0.39 is 11.6 Å². The number of fused-ring (bicyclic) bond motifs is 1. The number of rotatable bonds is 3. The second-order valence-corrected chi connectivity index (χ2v) is 6.53. The highest BCUT2D eigenvalue weighted by atomic mass is 19.2. The van der Waals surface area contributed by atoms with Gasteiger partial charge in [0.1, 0.15) is 11.9 Å².